The zero-order valence-electron chi connectivity index (χ0n) is 21.8. The Morgan fingerprint density at radius 1 is 0.879 bits per heavy atom. The highest BCUT2D eigenvalue weighted by molar-refractivity contribution is 5.06. The van der Waals surface area contributed by atoms with Crippen molar-refractivity contribution in [1.29, 1.82) is 0 Å². The van der Waals surface area contributed by atoms with Crippen molar-refractivity contribution in [2.45, 2.75) is 51.1 Å². The van der Waals surface area contributed by atoms with Gasteiger partial charge in [-0.1, -0.05) is 6.92 Å². The van der Waals surface area contributed by atoms with E-state index in [2.05, 4.69) is 69.0 Å². The predicted molar refractivity (Wildman–Crippen MR) is 136 cm³/mol. The average Bonchev–Trinajstić information content (AvgIpc) is 2.84. The van der Waals surface area contributed by atoms with Crippen LogP contribution in [0.1, 0.15) is 39.0 Å². The summed E-state index contributed by atoms with van der Waals surface area (Å²) < 4.78 is 0. The van der Waals surface area contributed by atoms with E-state index in [1.165, 1.54) is 64.2 Å². The normalized spacial score (nSPS) is 27.4. The van der Waals surface area contributed by atoms with Gasteiger partial charge in [-0.3, -0.25) is 4.90 Å². The highest BCUT2D eigenvalue weighted by Crippen LogP contribution is 2.24. The monoisotopic (exact) mass is 462 g/mol. The molecule has 0 bridgehead atoms. The maximum atomic E-state index is 6.09. The van der Waals surface area contributed by atoms with Gasteiger partial charge in [-0.25, -0.2) is 20.0 Å². The van der Waals surface area contributed by atoms with E-state index in [-0.39, 0.29) is 0 Å². The molecule has 1 unspecified atom stereocenters. The van der Waals surface area contributed by atoms with Gasteiger partial charge in [0.1, 0.15) is 0 Å². The van der Waals surface area contributed by atoms with E-state index in [1.54, 1.807) is 0 Å². The summed E-state index contributed by atoms with van der Waals surface area (Å²) in [7, 11) is 6.73. The number of nitrogens with zero attached hydrogens (tertiary/aromatic N) is 7. The van der Waals surface area contributed by atoms with Gasteiger partial charge in [-0.2, -0.15) is 0 Å². The third kappa shape index (κ3) is 6.61. The van der Waals surface area contributed by atoms with Crippen LogP contribution in [0.15, 0.2) is 11.9 Å². The van der Waals surface area contributed by atoms with Crippen molar-refractivity contribution in [3.05, 3.63) is 11.9 Å². The Bertz CT molecular complexity index is 618. The Morgan fingerprint density at radius 2 is 1.52 bits per heavy atom. The van der Waals surface area contributed by atoms with Gasteiger partial charge in [0.15, 0.2) is 0 Å². The van der Waals surface area contributed by atoms with Gasteiger partial charge in [0.25, 0.3) is 0 Å². The quantitative estimate of drug-likeness (QED) is 0.601. The molecule has 0 aliphatic carbocycles. The molecule has 0 amide bonds. The second kappa shape index (κ2) is 11.7. The van der Waals surface area contributed by atoms with Gasteiger partial charge in [-0.15, -0.1) is 0 Å². The Kier molecular flexibility index (Phi) is 8.93. The van der Waals surface area contributed by atoms with E-state index >= 15 is 0 Å². The summed E-state index contributed by atoms with van der Waals surface area (Å²) in [6.45, 7) is 15.3. The summed E-state index contributed by atoms with van der Waals surface area (Å²) in [5.74, 6) is 0.602. The molecule has 0 aromatic carbocycles. The molecule has 4 heterocycles. The number of hydrazine groups is 2. The lowest BCUT2D eigenvalue weighted by atomic mass is 10.0. The first-order valence-corrected chi connectivity index (χ1v) is 13.5. The van der Waals surface area contributed by atoms with Crippen molar-refractivity contribution in [2.75, 3.05) is 93.1 Å². The van der Waals surface area contributed by atoms with Gasteiger partial charge < -0.3 is 15.5 Å². The van der Waals surface area contributed by atoms with E-state index in [0.717, 1.165) is 51.6 Å². The Morgan fingerprint density at radius 3 is 2.18 bits per heavy atom. The maximum absolute atomic E-state index is 6.09. The molecule has 8 heteroatoms. The first-order valence-electron chi connectivity index (χ1n) is 13.5. The topological polar surface area (TPSA) is 48.7 Å². The average molecular weight is 463 g/mol. The first kappa shape index (κ1) is 25.2. The zero-order valence-corrected chi connectivity index (χ0v) is 21.8. The van der Waals surface area contributed by atoms with Crippen LogP contribution in [-0.2, 0) is 0 Å². The number of hydrogen-bond donors (Lipinski definition) is 1. The van der Waals surface area contributed by atoms with Gasteiger partial charge in [0.2, 0.25) is 0 Å². The summed E-state index contributed by atoms with van der Waals surface area (Å²) in [5.41, 5.74) is 7.58. The predicted octanol–water partition coefficient (Wildman–Crippen LogP) is 0.998. The van der Waals surface area contributed by atoms with Crippen LogP contribution in [0.4, 0.5) is 0 Å². The molecule has 0 radical (unpaired) electrons. The molecule has 4 aliphatic rings. The van der Waals surface area contributed by atoms with Crippen molar-refractivity contribution >= 4 is 0 Å². The number of rotatable bonds is 7. The summed E-state index contributed by atoms with van der Waals surface area (Å²) >= 11 is 0. The lowest BCUT2D eigenvalue weighted by Gasteiger charge is -2.47. The smallest absolute Gasteiger partial charge is 0.0348 e. The van der Waals surface area contributed by atoms with E-state index < -0.39 is 0 Å². The number of piperidine rings is 2. The summed E-state index contributed by atoms with van der Waals surface area (Å²) in [4.78, 5) is 7.55. The molecular formula is C25H50N8. The van der Waals surface area contributed by atoms with Crippen LogP contribution in [-0.4, -0.2) is 140 Å². The van der Waals surface area contributed by atoms with Crippen molar-refractivity contribution in [3.63, 3.8) is 0 Å². The molecule has 2 N–H and O–H groups in total. The molecule has 0 aromatic rings. The number of hydrogen-bond acceptors (Lipinski definition) is 8. The van der Waals surface area contributed by atoms with Crippen molar-refractivity contribution in [3.8, 4) is 0 Å². The fraction of sp³-hybridized carbons (Fsp3) is 0.920. The summed E-state index contributed by atoms with van der Waals surface area (Å²) in [6, 6.07) is 1.18. The molecule has 8 nitrogen and oxygen atoms in total. The van der Waals surface area contributed by atoms with Crippen molar-refractivity contribution in [1.82, 2.24) is 34.7 Å². The molecule has 4 aliphatic heterocycles. The minimum atomic E-state index is 0.418. The lowest BCUT2D eigenvalue weighted by Crippen LogP contribution is -2.59. The lowest BCUT2D eigenvalue weighted by molar-refractivity contribution is -0.0877. The molecule has 33 heavy (non-hydrogen) atoms. The highest BCUT2D eigenvalue weighted by atomic mass is 15.6. The molecule has 4 rings (SSSR count). The number of piperazine rings is 1. The van der Waals surface area contributed by atoms with Crippen LogP contribution in [0, 0.1) is 5.92 Å². The SMILES string of the molecule is CC(CCN(C)N1CCC(N2CCN(N3CCC(N)CC3)CC2)CC1)C1=CN(C)CCN1C. The Labute approximate surface area is 202 Å². The van der Waals surface area contributed by atoms with Crippen molar-refractivity contribution < 1.29 is 0 Å². The summed E-state index contributed by atoms with van der Waals surface area (Å²) in [5, 5.41) is 10.3. The number of nitrogens with two attached hydrogens (primary N) is 1. The zero-order chi connectivity index (χ0) is 23.4. The van der Waals surface area contributed by atoms with Crippen LogP contribution in [0.25, 0.3) is 0 Å². The van der Waals surface area contributed by atoms with Gasteiger partial charge >= 0.3 is 0 Å². The van der Waals surface area contributed by atoms with Gasteiger partial charge in [0.05, 0.1) is 0 Å². The van der Waals surface area contributed by atoms with Crippen LogP contribution >= 0.6 is 0 Å². The molecule has 190 valence electrons. The molecule has 1 atom stereocenters. The molecule has 0 saturated carbocycles. The summed E-state index contributed by atoms with van der Waals surface area (Å²) in [6.07, 6.45) is 8.46. The maximum Gasteiger partial charge on any atom is 0.0348 e. The fourth-order valence-corrected chi connectivity index (χ4v) is 6.09. The van der Waals surface area contributed by atoms with Crippen LogP contribution in [0.2, 0.25) is 0 Å². The van der Waals surface area contributed by atoms with Crippen LogP contribution in [0.3, 0.4) is 0 Å². The molecule has 3 saturated heterocycles. The van der Waals surface area contributed by atoms with Crippen molar-refractivity contribution in [2.24, 2.45) is 11.7 Å². The highest BCUT2D eigenvalue weighted by Gasteiger charge is 2.31. The van der Waals surface area contributed by atoms with E-state index in [0.29, 0.717) is 12.0 Å². The van der Waals surface area contributed by atoms with E-state index in [4.69, 9.17) is 5.73 Å². The minimum absolute atomic E-state index is 0.418. The minimum Gasteiger partial charge on any atom is -0.377 e. The molecule has 0 aromatic heterocycles. The van der Waals surface area contributed by atoms with E-state index in [9.17, 15) is 0 Å². The third-order valence-electron chi connectivity index (χ3n) is 8.62. The molecule has 0 spiro atoms. The molecule has 3 fully saturated rings. The van der Waals surface area contributed by atoms with Gasteiger partial charge in [0, 0.05) is 117 Å². The Balaban J connectivity index is 1.15. The van der Waals surface area contributed by atoms with Crippen LogP contribution < -0.4 is 5.73 Å². The largest absolute Gasteiger partial charge is 0.377 e. The Hall–Kier alpha value is -0.900. The standard InChI is InChI=1S/C25H50N8/c1-22(25-21-27(2)15-16-28(25)3)5-10-29(4)31-13-8-24(9-14-31)30-17-19-33(20-18-30)32-11-6-23(26)7-12-32/h21-24H,5-20,26H2,1-4H3. The van der Waals surface area contributed by atoms with E-state index in [1.807, 2.05) is 0 Å². The fourth-order valence-electron chi connectivity index (χ4n) is 6.09. The molecular weight excluding hydrogens is 412 g/mol. The van der Waals surface area contributed by atoms with Gasteiger partial charge in [-0.05, 0) is 38.0 Å². The van der Waals surface area contributed by atoms with Crippen LogP contribution in [0.5, 0.6) is 0 Å². The number of allylic oxidation sites excluding steroid dienone is 1. The number of likely N-dealkylation sites (N-methyl/N-ethyl adjacent to an activating group) is 2. The first-order chi connectivity index (χ1) is 15.9. The second-order valence-electron chi connectivity index (χ2n) is 11.0. The second-order valence-corrected chi connectivity index (χ2v) is 11.0. The third-order valence-corrected chi connectivity index (χ3v) is 8.62.